The summed E-state index contributed by atoms with van der Waals surface area (Å²) >= 11 is 0. The molecule has 4 rings (SSSR count). The highest BCUT2D eigenvalue weighted by molar-refractivity contribution is 6.32. The lowest BCUT2D eigenvalue weighted by molar-refractivity contribution is -0.147. The lowest BCUT2D eigenvalue weighted by Crippen LogP contribution is -2.51. The largest absolute Gasteiger partial charge is 0.463 e. The van der Waals surface area contributed by atoms with Gasteiger partial charge in [-0.3, -0.25) is 9.59 Å². The summed E-state index contributed by atoms with van der Waals surface area (Å²) < 4.78 is 10.9. The second-order valence-electron chi connectivity index (χ2n) is 7.28. The number of carbonyl (C=O) groups is 3. The predicted molar refractivity (Wildman–Crippen MR) is 102 cm³/mol. The molecule has 0 unspecified atom stereocenters. The maximum Gasteiger partial charge on any atom is 0.350 e. The highest BCUT2D eigenvalue weighted by Gasteiger charge is 2.85. The zero-order valence-electron chi connectivity index (χ0n) is 16.0. The van der Waals surface area contributed by atoms with Gasteiger partial charge in [0.25, 0.3) is 5.60 Å². The lowest BCUT2D eigenvalue weighted by atomic mass is 9.71. The third-order valence-corrected chi connectivity index (χ3v) is 5.53. The zero-order valence-corrected chi connectivity index (χ0v) is 16.0. The molecule has 1 fully saturated rings. The second-order valence-corrected chi connectivity index (χ2v) is 7.28. The first kappa shape index (κ1) is 18.6. The molecule has 0 aromatic heterocycles. The van der Waals surface area contributed by atoms with E-state index in [0.717, 1.165) is 18.4 Å². The summed E-state index contributed by atoms with van der Waals surface area (Å²) in [4.78, 5) is 39.3. The summed E-state index contributed by atoms with van der Waals surface area (Å²) in [6.45, 7) is 3.88. The minimum atomic E-state index is -1.88. The third-order valence-electron chi connectivity index (χ3n) is 5.53. The molecule has 5 heteroatoms. The Morgan fingerprint density at radius 1 is 0.929 bits per heavy atom. The molecule has 0 amide bonds. The number of benzene rings is 2. The van der Waals surface area contributed by atoms with Crippen LogP contribution in [0.3, 0.4) is 0 Å². The maximum absolute atomic E-state index is 13.3. The molecule has 2 aromatic rings. The predicted octanol–water partition coefficient (Wildman–Crippen LogP) is 3.33. The fraction of sp³-hybridized carbons (Fsp3) is 0.348. The molecule has 1 aliphatic carbocycles. The minimum Gasteiger partial charge on any atom is -0.463 e. The van der Waals surface area contributed by atoms with Crippen molar-refractivity contribution in [3.05, 3.63) is 70.8 Å². The number of carbonyl (C=O) groups excluding carboxylic acids is 3. The molecule has 2 atom stereocenters. The monoisotopic (exact) mass is 378 g/mol. The number of esters is 1. The van der Waals surface area contributed by atoms with Crippen molar-refractivity contribution in [2.45, 2.75) is 44.3 Å². The van der Waals surface area contributed by atoms with Gasteiger partial charge in [-0.05, 0) is 24.5 Å². The summed E-state index contributed by atoms with van der Waals surface area (Å²) in [5, 5.41) is 0. The van der Waals surface area contributed by atoms with E-state index in [0.29, 0.717) is 5.56 Å². The van der Waals surface area contributed by atoms with Gasteiger partial charge in [0.15, 0.2) is 11.4 Å². The Morgan fingerprint density at radius 2 is 1.54 bits per heavy atom. The van der Waals surface area contributed by atoms with Crippen molar-refractivity contribution in [1.82, 2.24) is 0 Å². The van der Waals surface area contributed by atoms with Crippen molar-refractivity contribution in [3.63, 3.8) is 0 Å². The Morgan fingerprint density at radius 3 is 2.14 bits per heavy atom. The van der Waals surface area contributed by atoms with Crippen LogP contribution in [-0.2, 0) is 27.1 Å². The molecule has 1 saturated heterocycles. The molecular weight excluding hydrogens is 356 g/mol. The van der Waals surface area contributed by atoms with E-state index in [-0.39, 0.29) is 24.4 Å². The van der Waals surface area contributed by atoms with Gasteiger partial charge in [-0.25, -0.2) is 4.79 Å². The molecule has 2 aliphatic rings. The number of rotatable bonds is 6. The van der Waals surface area contributed by atoms with Crippen molar-refractivity contribution in [3.8, 4) is 0 Å². The van der Waals surface area contributed by atoms with Gasteiger partial charge in [0.05, 0.1) is 6.61 Å². The zero-order chi connectivity index (χ0) is 19.9. The summed E-state index contributed by atoms with van der Waals surface area (Å²) in [6, 6.07) is 14.4. The van der Waals surface area contributed by atoms with E-state index in [4.69, 9.17) is 9.47 Å². The van der Waals surface area contributed by atoms with Crippen LogP contribution in [0.2, 0.25) is 0 Å². The summed E-state index contributed by atoms with van der Waals surface area (Å²) in [7, 11) is 0. The SMILES string of the molecule is CCCc1ccc(C[C@]23O[C@]2(C(=O)OCC)C(=O)c2ccccc2C3=O)cc1. The fourth-order valence-electron chi connectivity index (χ4n) is 4.13. The van der Waals surface area contributed by atoms with Crippen molar-refractivity contribution in [2.75, 3.05) is 6.61 Å². The van der Waals surface area contributed by atoms with Crippen molar-refractivity contribution < 1.29 is 23.9 Å². The Balaban J connectivity index is 1.76. The van der Waals surface area contributed by atoms with E-state index in [9.17, 15) is 14.4 Å². The molecule has 144 valence electrons. The number of epoxide rings is 1. The molecule has 1 aliphatic heterocycles. The average molecular weight is 378 g/mol. The third kappa shape index (κ3) is 2.46. The molecule has 28 heavy (non-hydrogen) atoms. The number of aryl methyl sites for hydroxylation is 1. The van der Waals surface area contributed by atoms with E-state index >= 15 is 0 Å². The maximum atomic E-state index is 13.3. The molecule has 5 nitrogen and oxygen atoms in total. The van der Waals surface area contributed by atoms with Crippen molar-refractivity contribution in [2.24, 2.45) is 0 Å². The fourth-order valence-corrected chi connectivity index (χ4v) is 4.13. The lowest BCUT2D eigenvalue weighted by Gasteiger charge is -2.23. The standard InChI is InChI=1S/C23H22O5/c1-3-7-15-10-12-16(13-11-15)14-22-19(24)17-8-5-6-9-18(17)20(25)23(22,28-22)21(26)27-4-2/h5-6,8-13H,3-4,7,14H2,1-2H3/t22-,23+/m1/s1. The molecule has 1 heterocycles. The summed E-state index contributed by atoms with van der Waals surface area (Å²) in [6.07, 6.45) is 2.17. The number of Topliss-reactive ketones (excluding diaryl/α,β-unsaturated/α-hetero) is 2. The van der Waals surface area contributed by atoms with Gasteiger partial charge < -0.3 is 9.47 Å². The van der Waals surface area contributed by atoms with Gasteiger partial charge in [0, 0.05) is 17.5 Å². The number of ether oxygens (including phenoxy) is 2. The number of fused-ring (bicyclic) bond motifs is 2. The quantitative estimate of drug-likeness (QED) is 0.438. The first-order chi connectivity index (χ1) is 13.5. The van der Waals surface area contributed by atoms with E-state index in [1.165, 1.54) is 5.56 Å². The smallest absolute Gasteiger partial charge is 0.350 e. The van der Waals surface area contributed by atoms with Gasteiger partial charge >= 0.3 is 5.97 Å². The van der Waals surface area contributed by atoms with Crippen LogP contribution in [0.25, 0.3) is 0 Å². The Hall–Kier alpha value is -2.79. The number of hydrogen-bond donors (Lipinski definition) is 0. The van der Waals surface area contributed by atoms with Gasteiger partial charge in [-0.1, -0.05) is 61.9 Å². The van der Waals surface area contributed by atoms with Crippen LogP contribution < -0.4 is 0 Å². The van der Waals surface area contributed by atoms with Gasteiger partial charge in [0.1, 0.15) is 0 Å². The molecule has 0 bridgehead atoms. The van der Waals surface area contributed by atoms with Crippen LogP contribution in [0.5, 0.6) is 0 Å². The molecule has 0 spiro atoms. The normalized spacial score (nSPS) is 25.1. The number of ketones is 2. The summed E-state index contributed by atoms with van der Waals surface area (Å²) in [5.41, 5.74) is -0.854. The highest BCUT2D eigenvalue weighted by Crippen LogP contribution is 2.57. The summed E-state index contributed by atoms with van der Waals surface area (Å²) in [5.74, 6) is -1.62. The van der Waals surface area contributed by atoms with Gasteiger partial charge in [0.2, 0.25) is 5.78 Å². The van der Waals surface area contributed by atoms with Crippen molar-refractivity contribution >= 4 is 17.5 Å². The molecule has 0 saturated carbocycles. The van der Waals surface area contributed by atoms with Crippen LogP contribution in [0.4, 0.5) is 0 Å². The molecular formula is C23H22O5. The Kier molecular flexibility index (Phi) is 4.42. The molecule has 2 aromatic carbocycles. The highest BCUT2D eigenvalue weighted by atomic mass is 16.7. The van der Waals surface area contributed by atoms with Gasteiger partial charge in [-0.15, -0.1) is 0 Å². The first-order valence-electron chi connectivity index (χ1n) is 9.64. The van der Waals surface area contributed by atoms with Crippen LogP contribution in [0.15, 0.2) is 48.5 Å². The van der Waals surface area contributed by atoms with Gasteiger partial charge in [-0.2, -0.15) is 0 Å². The van der Waals surface area contributed by atoms with E-state index in [1.807, 2.05) is 24.3 Å². The number of hydrogen-bond acceptors (Lipinski definition) is 5. The Labute approximate surface area is 163 Å². The Bertz CT molecular complexity index is 961. The second kappa shape index (κ2) is 6.67. The minimum absolute atomic E-state index is 0.106. The topological polar surface area (TPSA) is 73.0 Å². The van der Waals surface area contributed by atoms with Crippen LogP contribution in [0, 0.1) is 0 Å². The molecule has 0 N–H and O–H groups in total. The van der Waals surface area contributed by atoms with Crippen LogP contribution in [-0.4, -0.2) is 35.3 Å². The van der Waals surface area contributed by atoms with Crippen molar-refractivity contribution in [1.29, 1.82) is 0 Å². The van der Waals surface area contributed by atoms with E-state index in [2.05, 4.69) is 6.92 Å². The molecule has 0 radical (unpaired) electrons. The van der Waals surface area contributed by atoms with Crippen LogP contribution >= 0.6 is 0 Å². The van der Waals surface area contributed by atoms with E-state index in [1.54, 1.807) is 31.2 Å². The van der Waals surface area contributed by atoms with E-state index < -0.39 is 23.0 Å². The average Bonchev–Trinajstić information content (AvgIpc) is 3.40. The van der Waals surface area contributed by atoms with Crippen LogP contribution in [0.1, 0.15) is 52.1 Å². The first-order valence-corrected chi connectivity index (χ1v) is 9.64.